The van der Waals surface area contributed by atoms with E-state index < -0.39 is 0 Å². The zero-order valence-corrected chi connectivity index (χ0v) is 14.1. The summed E-state index contributed by atoms with van der Waals surface area (Å²) in [7, 11) is 0. The van der Waals surface area contributed by atoms with Crippen LogP contribution in [0.1, 0.15) is 43.0 Å². The summed E-state index contributed by atoms with van der Waals surface area (Å²) in [5.74, 6) is 1.71. The first-order chi connectivity index (χ1) is 11.4. The molecule has 0 amide bonds. The second-order valence-corrected chi connectivity index (χ2v) is 8.09. The molecule has 0 unspecified atom stereocenters. The number of piperidine rings is 3. The van der Waals surface area contributed by atoms with Gasteiger partial charge in [0.1, 0.15) is 0 Å². The number of fused-ring (bicyclic) bond motifs is 4. The van der Waals surface area contributed by atoms with Gasteiger partial charge in [-0.3, -0.25) is 4.90 Å². The van der Waals surface area contributed by atoms with Gasteiger partial charge in [-0.1, -0.05) is 18.2 Å². The molecule has 5 heterocycles. The van der Waals surface area contributed by atoms with Gasteiger partial charge in [0.25, 0.3) is 0 Å². The smallest absolute Gasteiger partial charge is 0.0547 e. The third-order valence-corrected chi connectivity index (χ3v) is 7.26. The molecule has 4 N–H and O–H groups in total. The van der Waals surface area contributed by atoms with Gasteiger partial charge in [-0.25, -0.2) is 0 Å². The summed E-state index contributed by atoms with van der Waals surface area (Å²) in [5.41, 5.74) is 4.51. The van der Waals surface area contributed by atoms with Gasteiger partial charge in [0.15, 0.2) is 0 Å². The molecule has 7 rings (SSSR count). The Labute approximate surface area is 142 Å². The van der Waals surface area contributed by atoms with Crippen molar-refractivity contribution in [3.8, 4) is 0 Å². The molecule has 4 nitrogen and oxygen atoms in total. The van der Waals surface area contributed by atoms with E-state index >= 15 is 0 Å². The van der Waals surface area contributed by atoms with Crippen LogP contribution in [0.3, 0.4) is 0 Å². The highest BCUT2D eigenvalue weighted by Gasteiger charge is 2.55. The number of hydrogen-bond acceptors (Lipinski definition) is 2. The fourth-order valence-corrected chi connectivity index (χ4v) is 6.48. The van der Waals surface area contributed by atoms with Gasteiger partial charge in [-0.05, 0) is 62.1 Å². The van der Waals surface area contributed by atoms with Crippen molar-refractivity contribution in [2.24, 2.45) is 11.8 Å². The van der Waals surface area contributed by atoms with Crippen molar-refractivity contribution in [3.63, 3.8) is 0 Å². The summed E-state index contributed by atoms with van der Waals surface area (Å²) in [6.07, 6.45) is 6.89. The Morgan fingerprint density at radius 2 is 1.96 bits per heavy atom. The number of aromatic amines is 1. The topological polar surface area (TPSA) is 62.6 Å². The van der Waals surface area contributed by atoms with Crippen LogP contribution in [-0.4, -0.2) is 40.5 Å². The van der Waals surface area contributed by atoms with E-state index in [-0.39, 0.29) is 5.48 Å². The summed E-state index contributed by atoms with van der Waals surface area (Å²) < 4.78 is 0. The summed E-state index contributed by atoms with van der Waals surface area (Å²) >= 11 is 0. The van der Waals surface area contributed by atoms with Crippen LogP contribution in [0.4, 0.5) is 0 Å². The number of benzene rings is 1. The first kappa shape index (κ1) is 14.9. The minimum absolute atomic E-state index is 0. The first-order valence-corrected chi connectivity index (χ1v) is 9.50. The Hall–Kier alpha value is -1.36. The van der Waals surface area contributed by atoms with Crippen LogP contribution in [0.5, 0.6) is 0 Å². The fourth-order valence-electron chi connectivity index (χ4n) is 6.48. The molecule has 24 heavy (non-hydrogen) atoms. The highest BCUT2D eigenvalue weighted by Crippen LogP contribution is 2.54. The van der Waals surface area contributed by atoms with Crippen LogP contribution in [0, 0.1) is 11.8 Å². The van der Waals surface area contributed by atoms with Crippen molar-refractivity contribution >= 4 is 10.9 Å². The van der Waals surface area contributed by atoms with E-state index in [1.165, 1.54) is 56.1 Å². The molecule has 4 aliphatic heterocycles. The average molecular weight is 325 g/mol. The lowest BCUT2D eigenvalue weighted by atomic mass is 9.61. The lowest BCUT2D eigenvalue weighted by Gasteiger charge is -2.61. The molecule has 2 bridgehead atoms. The van der Waals surface area contributed by atoms with E-state index in [0.717, 1.165) is 23.9 Å². The van der Waals surface area contributed by atoms with Gasteiger partial charge >= 0.3 is 0 Å². The van der Waals surface area contributed by atoms with Crippen molar-refractivity contribution in [2.75, 3.05) is 13.1 Å². The normalized spacial score (nSPS) is 37.4. The molecule has 1 aromatic carbocycles. The maximum Gasteiger partial charge on any atom is 0.0547 e. The van der Waals surface area contributed by atoms with Gasteiger partial charge < -0.3 is 15.8 Å². The molecule has 0 spiro atoms. The van der Waals surface area contributed by atoms with Crippen molar-refractivity contribution < 1.29 is 5.48 Å². The monoisotopic (exact) mass is 325 g/mol. The highest BCUT2D eigenvalue weighted by atomic mass is 16.0. The zero-order chi connectivity index (χ0) is 15.0. The molecule has 2 aromatic rings. The lowest BCUT2D eigenvalue weighted by molar-refractivity contribution is -0.0920. The minimum Gasteiger partial charge on any atom is -0.412 e. The third-order valence-electron chi connectivity index (χ3n) is 7.26. The number of rotatable bonds is 0. The molecule has 3 saturated heterocycles. The molecule has 4 fully saturated rings. The SMILES string of the molecule is O.c1ccc2c3c([nH]c2c1)[C@H]1[C@@H]2CC[C@@H]([C@@H]4CCCN[C@@H]42)N1CC3. The van der Waals surface area contributed by atoms with E-state index in [1.54, 1.807) is 11.3 Å². The zero-order valence-electron chi connectivity index (χ0n) is 14.1. The van der Waals surface area contributed by atoms with E-state index in [4.69, 9.17) is 0 Å². The van der Waals surface area contributed by atoms with Crippen molar-refractivity contribution in [3.05, 3.63) is 35.5 Å². The van der Waals surface area contributed by atoms with Crippen LogP contribution in [0.2, 0.25) is 0 Å². The van der Waals surface area contributed by atoms with Gasteiger partial charge in [0.2, 0.25) is 0 Å². The standard InChI is InChI=1S/C20H25N3.H2O/c1-2-6-16-12(4-1)13-9-11-23-17-8-7-15(20(23)19(13)22-16)18-14(17)5-3-10-21-18;/h1-2,4,6,14-15,17-18,20-22H,3,5,7-11H2;1H2/t14-,15+,17-,18-,20+;/m0./s1. The van der Waals surface area contributed by atoms with E-state index in [2.05, 4.69) is 39.5 Å². The van der Waals surface area contributed by atoms with Crippen molar-refractivity contribution in [2.45, 2.75) is 50.2 Å². The number of aromatic nitrogens is 1. The number of H-pyrrole nitrogens is 1. The van der Waals surface area contributed by atoms with Crippen LogP contribution >= 0.6 is 0 Å². The number of para-hydroxylation sites is 1. The lowest BCUT2D eigenvalue weighted by Crippen LogP contribution is -2.67. The van der Waals surface area contributed by atoms with E-state index in [0.29, 0.717) is 6.04 Å². The van der Waals surface area contributed by atoms with E-state index in [9.17, 15) is 0 Å². The van der Waals surface area contributed by atoms with Gasteiger partial charge in [0, 0.05) is 35.2 Å². The quantitative estimate of drug-likeness (QED) is 0.781. The van der Waals surface area contributed by atoms with Gasteiger partial charge in [0.05, 0.1) is 6.04 Å². The van der Waals surface area contributed by atoms with Crippen molar-refractivity contribution in [1.29, 1.82) is 0 Å². The molecule has 128 valence electrons. The molecule has 1 aromatic heterocycles. The summed E-state index contributed by atoms with van der Waals surface area (Å²) in [5, 5.41) is 5.38. The number of nitrogens with one attached hydrogen (secondary N) is 2. The van der Waals surface area contributed by atoms with Gasteiger partial charge in [-0.15, -0.1) is 0 Å². The van der Waals surface area contributed by atoms with Crippen LogP contribution in [-0.2, 0) is 6.42 Å². The number of hydrogen-bond donors (Lipinski definition) is 2. The molecule has 4 heteroatoms. The Bertz CT molecular complexity index is 769. The Morgan fingerprint density at radius 3 is 2.92 bits per heavy atom. The van der Waals surface area contributed by atoms with Crippen molar-refractivity contribution in [1.82, 2.24) is 15.2 Å². The fraction of sp³-hybridized carbons (Fsp3) is 0.600. The first-order valence-electron chi connectivity index (χ1n) is 9.50. The highest BCUT2D eigenvalue weighted by molar-refractivity contribution is 5.85. The molecule has 0 radical (unpaired) electrons. The molecular weight excluding hydrogens is 298 g/mol. The number of nitrogens with zero attached hydrogens (tertiary/aromatic N) is 1. The predicted octanol–water partition coefficient (Wildman–Crippen LogP) is 2.40. The van der Waals surface area contributed by atoms with Crippen LogP contribution < -0.4 is 5.32 Å². The minimum atomic E-state index is 0. The second-order valence-electron chi connectivity index (χ2n) is 8.09. The van der Waals surface area contributed by atoms with Crippen LogP contribution in [0.25, 0.3) is 10.9 Å². The molecule has 1 saturated carbocycles. The maximum atomic E-state index is 3.91. The Morgan fingerprint density at radius 1 is 1.04 bits per heavy atom. The molecule has 5 atom stereocenters. The van der Waals surface area contributed by atoms with Gasteiger partial charge in [-0.2, -0.15) is 0 Å². The Balaban J connectivity index is 0.00000131. The summed E-state index contributed by atoms with van der Waals surface area (Å²) in [6.45, 7) is 2.50. The molecular formula is C20H27N3O. The largest absolute Gasteiger partial charge is 0.412 e. The second kappa shape index (κ2) is 5.32. The summed E-state index contributed by atoms with van der Waals surface area (Å²) in [6, 6.07) is 11.1. The third kappa shape index (κ3) is 1.79. The summed E-state index contributed by atoms with van der Waals surface area (Å²) in [4.78, 5) is 6.72. The van der Waals surface area contributed by atoms with E-state index in [1.807, 2.05) is 0 Å². The molecule has 1 aliphatic carbocycles. The maximum absolute atomic E-state index is 3.91. The predicted molar refractivity (Wildman–Crippen MR) is 96.1 cm³/mol. The Kier molecular flexibility index (Phi) is 3.31. The van der Waals surface area contributed by atoms with Crippen LogP contribution in [0.15, 0.2) is 24.3 Å². The molecule has 5 aliphatic rings. The average Bonchev–Trinajstić information content (AvgIpc) is 3.01.